The molecule has 3 amide bonds. The van der Waals surface area contributed by atoms with E-state index in [1.165, 1.54) is 36.2 Å². The fourth-order valence-electron chi connectivity index (χ4n) is 4.44. The van der Waals surface area contributed by atoms with Gasteiger partial charge >= 0.3 is 18.0 Å². The van der Waals surface area contributed by atoms with E-state index >= 15 is 0 Å². The molecule has 12 heteroatoms. The minimum absolute atomic E-state index is 0.188. The lowest BCUT2D eigenvalue weighted by Gasteiger charge is -2.46. The highest BCUT2D eigenvalue weighted by Gasteiger charge is 2.70. The van der Waals surface area contributed by atoms with Gasteiger partial charge in [0.1, 0.15) is 17.1 Å². The van der Waals surface area contributed by atoms with Crippen molar-refractivity contribution < 1.29 is 31.9 Å². The molecular formula is C24H25F4N5O3. The third-order valence-electron chi connectivity index (χ3n) is 6.79. The normalized spacial score (nSPS) is 21.2. The van der Waals surface area contributed by atoms with Crippen molar-refractivity contribution in [3.63, 3.8) is 0 Å². The lowest BCUT2D eigenvalue weighted by atomic mass is 9.96. The lowest BCUT2D eigenvalue weighted by molar-refractivity contribution is -0.201. The second-order valence-electron chi connectivity index (χ2n) is 9.29. The van der Waals surface area contributed by atoms with Gasteiger partial charge in [0.25, 0.3) is 0 Å². The molecule has 1 saturated heterocycles. The molecule has 1 aromatic heterocycles. The summed E-state index contributed by atoms with van der Waals surface area (Å²) in [5.74, 6) is -3.28. The molecule has 3 N–H and O–H groups in total. The minimum atomic E-state index is -4.69. The van der Waals surface area contributed by atoms with E-state index in [1.54, 1.807) is 6.92 Å². The van der Waals surface area contributed by atoms with Gasteiger partial charge in [-0.2, -0.15) is 13.2 Å². The number of carbonyl (C=O) groups excluding carboxylic acids is 3. The van der Waals surface area contributed by atoms with Gasteiger partial charge in [-0.15, -0.1) is 0 Å². The Labute approximate surface area is 204 Å². The van der Waals surface area contributed by atoms with Gasteiger partial charge in [0.15, 0.2) is 0 Å². The van der Waals surface area contributed by atoms with Crippen LogP contribution in [0.4, 0.5) is 29.1 Å². The fraction of sp³-hybridized carbons (Fsp3) is 0.417. The van der Waals surface area contributed by atoms with Crippen molar-refractivity contribution in [2.24, 2.45) is 5.41 Å². The lowest BCUT2D eigenvalue weighted by Crippen LogP contribution is -2.60. The number of rotatable bonds is 3. The van der Waals surface area contributed by atoms with Crippen LogP contribution in [-0.4, -0.2) is 57.8 Å². The summed E-state index contributed by atoms with van der Waals surface area (Å²) in [6.07, 6.45) is -3.98. The average molecular weight is 507 g/mol. The number of carbonyl (C=O) groups is 3. The third-order valence-corrected chi connectivity index (χ3v) is 6.79. The van der Waals surface area contributed by atoms with Crippen molar-refractivity contribution in [2.75, 3.05) is 24.1 Å². The number of halogens is 4. The van der Waals surface area contributed by atoms with Crippen LogP contribution in [0.2, 0.25) is 0 Å². The Morgan fingerprint density at radius 1 is 1.11 bits per heavy atom. The van der Waals surface area contributed by atoms with Crippen molar-refractivity contribution in [3.8, 4) is 0 Å². The summed E-state index contributed by atoms with van der Waals surface area (Å²) in [7, 11) is 0. The number of nitrogens with zero attached hydrogens (tertiary/aromatic N) is 3. The second kappa shape index (κ2) is 9.07. The van der Waals surface area contributed by atoms with Gasteiger partial charge in [0.05, 0.1) is 17.9 Å². The smallest absolute Gasteiger partial charge is 0.383 e. The molecule has 2 aliphatic rings. The molecule has 1 saturated carbocycles. The Balaban J connectivity index is 1.61. The van der Waals surface area contributed by atoms with Crippen LogP contribution in [0.3, 0.4) is 0 Å². The number of aryl methyl sites for hydroxylation is 1. The van der Waals surface area contributed by atoms with E-state index in [9.17, 15) is 31.9 Å². The first-order valence-corrected chi connectivity index (χ1v) is 11.3. The van der Waals surface area contributed by atoms with Crippen molar-refractivity contribution in [1.29, 1.82) is 0 Å². The molecule has 0 bridgehead atoms. The molecule has 2 heterocycles. The highest BCUT2D eigenvalue weighted by Crippen LogP contribution is 2.59. The number of anilines is 2. The molecule has 0 unspecified atom stereocenters. The zero-order valence-corrected chi connectivity index (χ0v) is 19.6. The number of benzene rings is 1. The standard InChI is InChI=1S/C24H25F4N5O3/c1-13-9-17(10-30-19(13)29)31-20(34)21(35)33-11-14(2)32(22(36)23(7-8-23)24(26,27)28)12-18(33)15-3-5-16(25)6-4-15/h3-6,9-10,14,18H,7-8,11-12H2,1-2H3,(H2,29,30)(H,31,34)/t14-,18-/m0/s1. The Morgan fingerprint density at radius 3 is 2.31 bits per heavy atom. The summed E-state index contributed by atoms with van der Waals surface area (Å²) in [4.78, 5) is 45.3. The van der Waals surface area contributed by atoms with Crippen LogP contribution in [0.1, 0.15) is 36.9 Å². The van der Waals surface area contributed by atoms with Gasteiger partial charge in [-0.1, -0.05) is 12.1 Å². The summed E-state index contributed by atoms with van der Waals surface area (Å²) in [6, 6.07) is 4.83. The summed E-state index contributed by atoms with van der Waals surface area (Å²) in [5, 5.41) is 2.45. The van der Waals surface area contributed by atoms with Crippen molar-refractivity contribution in [2.45, 2.75) is 44.9 Å². The summed E-state index contributed by atoms with van der Waals surface area (Å²) in [6.45, 7) is 2.74. The Bertz CT molecular complexity index is 1200. The predicted octanol–water partition coefficient (Wildman–Crippen LogP) is 3.19. The molecule has 2 atom stereocenters. The number of amides is 3. The minimum Gasteiger partial charge on any atom is -0.383 e. The van der Waals surface area contributed by atoms with Crippen LogP contribution in [0, 0.1) is 18.2 Å². The summed E-state index contributed by atoms with van der Waals surface area (Å²) >= 11 is 0. The average Bonchev–Trinajstić information content (AvgIpc) is 3.63. The number of nitrogens with two attached hydrogens (primary N) is 1. The second-order valence-corrected chi connectivity index (χ2v) is 9.29. The van der Waals surface area contributed by atoms with Crippen LogP contribution < -0.4 is 11.1 Å². The predicted molar refractivity (Wildman–Crippen MR) is 122 cm³/mol. The molecule has 0 spiro atoms. The molecule has 2 fully saturated rings. The Morgan fingerprint density at radius 2 is 1.75 bits per heavy atom. The highest BCUT2D eigenvalue weighted by atomic mass is 19.4. The summed E-state index contributed by atoms with van der Waals surface area (Å²) < 4.78 is 54.5. The van der Waals surface area contributed by atoms with Crippen LogP contribution in [0.5, 0.6) is 0 Å². The van der Waals surface area contributed by atoms with Crippen molar-refractivity contribution in [1.82, 2.24) is 14.8 Å². The number of hydrogen-bond acceptors (Lipinski definition) is 5. The van der Waals surface area contributed by atoms with E-state index < -0.39 is 47.2 Å². The van der Waals surface area contributed by atoms with Crippen LogP contribution in [0.15, 0.2) is 36.5 Å². The number of aromatic nitrogens is 1. The van der Waals surface area contributed by atoms with E-state index in [4.69, 9.17) is 5.73 Å². The first kappa shape index (κ1) is 25.4. The summed E-state index contributed by atoms with van der Waals surface area (Å²) in [5.41, 5.74) is 4.46. The molecule has 36 heavy (non-hydrogen) atoms. The Kier molecular flexibility index (Phi) is 6.40. The van der Waals surface area contributed by atoms with Gasteiger partial charge in [0, 0.05) is 19.1 Å². The quantitative estimate of drug-likeness (QED) is 0.490. The molecule has 1 aliphatic heterocycles. The molecule has 1 aromatic carbocycles. The van der Waals surface area contributed by atoms with Crippen molar-refractivity contribution in [3.05, 3.63) is 53.5 Å². The molecular weight excluding hydrogens is 482 g/mol. The molecule has 192 valence electrons. The van der Waals surface area contributed by atoms with Gasteiger partial charge in [-0.05, 0) is 56.0 Å². The van der Waals surface area contributed by atoms with Gasteiger partial charge < -0.3 is 20.9 Å². The van der Waals surface area contributed by atoms with Gasteiger partial charge in [0.2, 0.25) is 5.91 Å². The fourth-order valence-corrected chi connectivity index (χ4v) is 4.44. The first-order chi connectivity index (χ1) is 16.8. The van der Waals surface area contributed by atoms with Crippen LogP contribution in [-0.2, 0) is 14.4 Å². The maximum Gasteiger partial charge on any atom is 0.403 e. The zero-order valence-electron chi connectivity index (χ0n) is 19.6. The van der Waals surface area contributed by atoms with E-state index in [0.717, 1.165) is 17.0 Å². The van der Waals surface area contributed by atoms with E-state index in [1.807, 2.05) is 0 Å². The zero-order chi connectivity index (χ0) is 26.4. The molecule has 2 aromatic rings. The largest absolute Gasteiger partial charge is 0.403 e. The van der Waals surface area contributed by atoms with Gasteiger partial charge in [-0.25, -0.2) is 9.37 Å². The van der Waals surface area contributed by atoms with E-state index in [2.05, 4.69) is 10.3 Å². The molecule has 1 aliphatic carbocycles. The number of nitrogens with one attached hydrogen (secondary N) is 1. The third kappa shape index (κ3) is 4.59. The van der Waals surface area contributed by atoms with Gasteiger partial charge in [-0.3, -0.25) is 14.4 Å². The topological polar surface area (TPSA) is 109 Å². The monoisotopic (exact) mass is 507 g/mol. The molecule has 0 radical (unpaired) electrons. The molecule has 4 rings (SSSR count). The number of alkyl halides is 3. The van der Waals surface area contributed by atoms with E-state index in [0.29, 0.717) is 11.1 Å². The van der Waals surface area contributed by atoms with Crippen molar-refractivity contribution >= 4 is 29.2 Å². The van der Waals surface area contributed by atoms with E-state index in [-0.39, 0.29) is 37.4 Å². The number of nitrogen functional groups attached to an aromatic ring is 1. The maximum absolute atomic E-state index is 13.6. The highest BCUT2D eigenvalue weighted by molar-refractivity contribution is 6.39. The molecule has 8 nitrogen and oxygen atoms in total. The van der Waals surface area contributed by atoms with Crippen LogP contribution >= 0.6 is 0 Å². The number of piperazine rings is 1. The Hall–Kier alpha value is -3.70. The number of hydrogen-bond donors (Lipinski definition) is 2. The van der Waals surface area contributed by atoms with Crippen LogP contribution in [0.25, 0.3) is 0 Å². The maximum atomic E-state index is 13.6. The first-order valence-electron chi connectivity index (χ1n) is 11.3. The number of pyridine rings is 1. The SMILES string of the molecule is Cc1cc(NC(=O)C(=O)N2C[C@H](C)N(C(=O)C3(C(F)(F)F)CC3)C[C@H]2c2ccc(F)cc2)cnc1N.